The van der Waals surface area contributed by atoms with E-state index in [1.165, 1.54) is 135 Å². The van der Waals surface area contributed by atoms with Gasteiger partial charge in [-0.2, -0.15) is 0 Å². The Morgan fingerprint density at radius 1 is 0.286 bits per heavy atom. The van der Waals surface area contributed by atoms with Crippen LogP contribution in [0.1, 0.15) is 203 Å². The van der Waals surface area contributed by atoms with Crippen molar-refractivity contribution in [3.63, 3.8) is 0 Å². The van der Waals surface area contributed by atoms with Gasteiger partial charge in [-0.1, -0.05) is 266 Å². The first-order chi connectivity index (χ1) is 60.2. The summed E-state index contributed by atoms with van der Waals surface area (Å²) in [5.41, 5.74) is 27.7. The number of pyridine rings is 6. The Hall–Kier alpha value is -7.25. The predicted molar refractivity (Wildman–Crippen MR) is 524 cm³/mol. The van der Waals surface area contributed by atoms with Crippen LogP contribution in [0.4, 0.5) is 0 Å². The van der Waals surface area contributed by atoms with Gasteiger partial charge in [0, 0.05) is 91.8 Å². The normalized spacial score (nSPS) is 12.2. The molecule has 0 aliphatic rings. The Morgan fingerprint density at radius 2 is 0.556 bits per heavy atom. The Bertz CT molecular complexity index is 6610. The van der Waals surface area contributed by atoms with Crippen molar-refractivity contribution in [3.8, 4) is 68.0 Å². The molecule has 0 N–H and O–H groups in total. The molecule has 0 amide bonds. The molecule has 10 aromatic carbocycles. The van der Waals surface area contributed by atoms with Crippen molar-refractivity contribution in [2.75, 3.05) is 0 Å². The molecule has 0 bridgehead atoms. The number of rotatable bonds is 16. The third-order valence-electron chi connectivity index (χ3n) is 24.3. The van der Waals surface area contributed by atoms with Crippen LogP contribution < -0.4 is 9.47 Å². The number of aromatic nitrogens is 10. The predicted octanol–water partition coefficient (Wildman–Crippen LogP) is 30.8. The van der Waals surface area contributed by atoms with E-state index in [9.17, 15) is 0 Å². The number of ether oxygens (including phenoxy) is 2. The van der Waals surface area contributed by atoms with E-state index in [2.05, 4.69) is 339 Å². The molecule has 0 aliphatic carbocycles. The summed E-state index contributed by atoms with van der Waals surface area (Å²) >= 11 is -0.556. The second-order valence-electron chi connectivity index (χ2n) is 34.6. The largest absolute Gasteiger partial charge is 2.00 e. The second kappa shape index (κ2) is 38.3. The molecule has 10 aromatic heterocycles. The van der Waals surface area contributed by atoms with Gasteiger partial charge in [0.15, 0.2) is 0 Å². The summed E-state index contributed by atoms with van der Waals surface area (Å²) in [5, 5.41) is 12.8. The molecule has 20 aromatic rings. The molecule has 0 unspecified atom stereocenters. The monoisotopic (exact) mass is 2150 g/mol. The van der Waals surface area contributed by atoms with Gasteiger partial charge in [-0.05, 0) is 174 Å². The molecule has 20 rings (SSSR count). The fourth-order valence-electron chi connectivity index (χ4n) is 18.7. The van der Waals surface area contributed by atoms with Gasteiger partial charge in [-0.3, -0.25) is 28.7 Å². The minimum absolute atomic E-state index is 0. The maximum atomic E-state index is 6.82. The molecule has 0 fully saturated rings. The number of imidazole rings is 4. The molecule has 0 saturated carbocycles. The van der Waals surface area contributed by atoms with Crippen LogP contribution in [-0.4, -0.2) is 111 Å². The number of halogens is 4. The number of fused-ring (bicyclic) bond motifs is 24. The molecule has 10 heterocycles. The van der Waals surface area contributed by atoms with Crippen molar-refractivity contribution < 1.29 is 42.4 Å². The first kappa shape index (κ1) is 92.0. The molecule has 0 saturated heterocycles. The SMILES string of the molecule is CC(C)c1cccc(C(C)C)c1-c1cnc2c3[c-]c(Oc4[c-]c5c(cc4)c4ccncc4n4c(-c6c(C(C)C)cccc6C(C)C)cnc54)ccc3c3ccccc3n12.CC(C)c1cccc(C(C)C)c1-c1cnc2c3cc(Oc4ccc5c6ccncc6n6c(-c7c(C(C)C)cccc7C(C)C)cnc6c5c4)ccc3c3ccccc3n12.[Cl][Pt]([Cl])([Cl])[Cl].[K][K].[Pt+2]. The van der Waals surface area contributed by atoms with Gasteiger partial charge >= 0.3 is 134 Å². The molecule has 12 nitrogen and oxygen atoms in total. The molecule has 0 radical (unpaired) electrons. The second-order valence-corrected chi connectivity index (χ2v) is 54.3. The van der Waals surface area contributed by atoms with Crippen molar-refractivity contribution in [3.05, 3.63) is 300 Å². The summed E-state index contributed by atoms with van der Waals surface area (Å²) in [4.78, 5) is 29.8. The van der Waals surface area contributed by atoms with Crippen LogP contribution in [0.15, 0.2) is 244 Å². The van der Waals surface area contributed by atoms with E-state index in [1.54, 1.807) is 0 Å². The van der Waals surface area contributed by atoms with E-state index in [0.29, 0.717) is 58.8 Å². The Morgan fingerprint density at radius 3 is 0.889 bits per heavy atom. The molecule has 632 valence electrons. The standard InChI is InChI=1S/C53H49N5O.C53H47N5O.4ClH.2K.2Pt/c2*1-30(2)36-14-11-15-37(31(3)4)50(36)48-28-55-52-44-25-34(19-21-40(44)42-13-9-10-18-46(42)57(48)52)59-35-20-22-41-43-23-24-54-27-47(43)58-49(29-56-53(58)45(41)26-35)51-38(32(5)6)16-12-17-39(51)33(7)8;;;;;;;;/h9-33H,1-8H3;9-24,27-33H,1-8H3;4*1H;;;;/q;-2;;;;;;;+2;+4/p-4. The zero-order valence-corrected chi connectivity index (χ0v) is 88.0. The fourth-order valence-corrected chi connectivity index (χ4v) is 18.7. The van der Waals surface area contributed by atoms with Crippen molar-refractivity contribution in [1.82, 2.24) is 47.5 Å². The molecular weight excluding hydrogens is 2060 g/mol. The third-order valence-corrected chi connectivity index (χ3v) is 24.3. The molecule has 0 atom stereocenters. The first-order valence-electron chi connectivity index (χ1n) is 43.4. The molecule has 20 heteroatoms. The minimum Gasteiger partial charge on any atom is 2.00 e. The van der Waals surface area contributed by atoms with Crippen LogP contribution in [0, 0.1) is 12.1 Å². The third kappa shape index (κ3) is 17.3. The molecule has 0 spiro atoms. The van der Waals surface area contributed by atoms with Gasteiger partial charge in [-0.15, -0.1) is 12.1 Å². The summed E-state index contributed by atoms with van der Waals surface area (Å²) < 4.78 is 22.8. The van der Waals surface area contributed by atoms with E-state index >= 15 is 0 Å². The summed E-state index contributed by atoms with van der Waals surface area (Å²) in [6, 6.07) is 76.7. The number of hydrogen-bond donors (Lipinski definition) is 0. The number of hydrogen-bond acceptors (Lipinski definition) is 8. The van der Waals surface area contributed by atoms with Gasteiger partial charge in [0.05, 0.1) is 69.2 Å². The number of benzene rings is 10. The average Bonchev–Trinajstić information content (AvgIpc) is 1.53. The van der Waals surface area contributed by atoms with E-state index in [1.807, 2.05) is 55.5 Å². The van der Waals surface area contributed by atoms with Crippen LogP contribution in [0.5, 0.6) is 23.0 Å². The summed E-state index contributed by atoms with van der Waals surface area (Å²) in [6.45, 7) is 36.3. The van der Waals surface area contributed by atoms with Crippen molar-refractivity contribution in [1.29, 1.82) is 0 Å². The zero-order chi connectivity index (χ0) is 87.9. The van der Waals surface area contributed by atoms with E-state index in [4.69, 9.17) is 67.1 Å². The summed E-state index contributed by atoms with van der Waals surface area (Å²) in [6.07, 6.45) is 15.8. The van der Waals surface area contributed by atoms with Crippen molar-refractivity contribution in [2.45, 2.75) is 158 Å². The summed E-state index contributed by atoms with van der Waals surface area (Å²) in [5.74, 6) is 5.48. The quantitative estimate of drug-likeness (QED) is 0.0534. The summed E-state index contributed by atoms with van der Waals surface area (Å²) in [7, 11) is 20.0. The van der Waals surface area contributed by atoms with Crippen LogP contribution in [0.25, 0.3) is 154 Å². The van der Waals surface area contributed by atoms with Gasteiger partial charge in [0.1, 0.15) is 22.8 Å². The number of nitrogens with zero attached hydrogens (tertiary/aromatic N) is 10. The van der Waals surface area contributed by atoms with Crippen molar-refractivity contribution in [2.24, 2.45) is 0 Å². The van der Waals surface area contributed by atoms with Gasteiger partial charge in [0.25, 0.3) is 0 Å². The topological polar surface area (TPSA) is 113 Å². The van der Waals surface area contributed by atoms with Crippen LogP contribution in [-0.2, 0) is 33.0 Å². The van der Waals surface area contributed by atoms with Crippen LogP contribution in [0.3, 0.4) is 0 Å². The Kier molecular flexibility index (Phi) is 28.0. The van der Waals surface area contributed by atoms with Crippen LogP contribution in [0.2, 0.25) is 0 Å². The van der Waals surface area contributed by atoms with E-state index < -0.39 is 11.9 Å². The Labute approximate surface area is 815 Å². The fraction of sp³-hybridized carbons (Fsp3) is 0.226. The van der Waals surface area contributed by atoms with E-state index in [0.717, 1.165) is 138 Å². The van der Waals surface area contributed by atoms with E-state index in [-0.39, 0.29) is 21.1 Å². The molecule has 126 heavy (non-hydrogen) atoms. The van der Waals surface area contributed by atoms with Gasteiger partial charge in [0.2, 0.25) is 0 Å². The maximum Gasteiger partial charge on any atom is 2.00 e. The van der Waals surface area contributed by atoms with Gasteiger partial charge in [-0.25, -0.2) is 9.97 Å². The first-order valence-corrected chi connectivity index (χ1v) is 70.7. The Balaban J connectivity index is 0.000000172. The zero-order valence-electron chi connectivity index (χ0n) is 74.1. The van der Waals surface area contributed by atoms with Crippen LogP contribution >= 0.6 is 37.7 Å². The minimum atomic E-state index is -3.06. The van der Waals surface area contributed by atoms with Crippen molar-refractivity contribution >= 4 is 210 Å². The number of para-hydroxylation sites is 2. The average molecular weight is 2150 g/mol. The molecular formula is C106H96Cl4K2N10O2Pt2. The molecule has 0 aliphatic heterocycles. The maximum absolute atomic E-state index is 6.82. The smallest absolute Gasteiger partial charge is 2.00 e. The van der Waals surface area contributed by atoms with Gasteiger partial charge < -0.3 is 18.3 Å².